The van der Waals surface area contributed by atoms with Crippen LogP contribution in [0.3, 0.4) is 0 Å². The molecule has 1 N–H and O–H groups in total. The second-order valence-electron chi connectivity index (χ2n) is 5.17. The van der Waals surface area contributed by atoms with Gasteiger partial charge in [0.25, 0.3) is 5.91 Å². The maximum Gasteiger partial charge on any atom is 0.338 e. The van der Waals surface area contributed by atoms with Crippen molar-refractivity contribution < 1.29 is 14.3 Å². The topological polar surface area (TPSA) is 55.4 Å². The Morgan fingerprint density at radius 1 is 0.958 bits per heavy atom. The molecule has 0 aliphatic rings. The van der Waals surface area contributed by atoms with E-state index in [0.717, 1.165) is 11.1 Å². The highest BCUT2D eigenvalue weighted by atomic mass is 35.5. The number of carbonyl (C=O) groups excluding carboxylic acids is 2. The van der Waals surface area contributed by atoms with Crippen molar-refractivity contribution in [3.8, 4) is 0 Å². The van der Waals surface area contributed by atoms with Crippen LogP contribution in [0, 0.1) is 13.8 Å². The quantitative estimate of drug-likeness (QED) is 0.590. The lowest BCUT2D eigenvalue weighted by atomic mass is 10.1. The van der Waals surface area contributed by atoms with Gasteiger partial charge >= 0.3 is 5.97 Å². The minimum atomic E-state index is -0.575. The number of hydrogen-bond donors (Lipinski definition) is 1. The van der Waals surface area contributed by atoms with Crippen LogP contribution in [0.15, 0.2) is 30.3 Å². The van der Waals surface area contributed by atoms with Gasteiger partial charge < -0.3 is 10.1 Å². The lowest BCUT2D eigenvalue weighted by Crippen LogP contribution is -2.21. The Labute approximate surface area is 154 Å². The number of halogens is 3. The first-order chi connectivity index (χ1) is 11.3. The number of hydrogen-bond acceptors (Lipinski definition) is 3. The molecule has 0 saturated heterocycles. The Morgan fingerprint density at radius 2 is 1.62 bits per heavy atom. The molecule has 24 heavy (non-hydrogen) atoms. The molecule has 0 radical (unpaired) electrons. The van der Waals surface area contributed by atoms with Crippen LogP contribution >= 0.6 is 34.8 Å². The monoisotopic (exact) mass is 385 g/mol. The van der Waals surface area contributed by atoms with Crippen molar-refractivity contribution in [2.24, 2.45) is 0 Å². The Kier molecular flexibility index (Phi) is 6.10. The van der Waals surface area contributed by atoms with Gasteiger partial charge in [0.2, 0.25) is 0 Å². The number of amides is 1. The fourth-order valence-electron chi connectivity index (χ4n) is 1.89. The van der Waals surface area contributed by atoms with Gasteiger partial charge in [-0.25, -0.2) is 4.79 Å². The second kappa shape index (κ2) is 7.88. The van der Waals surface area contributed by atoms with Crippen LogP contribution in [0.1, 0.15) is 21.5 Å². The normalized spacial score (nSPS) is 10.4. The Hall–Kier alpha value is -1.75. The van der Waals surface area contributed by atoms with E-state index < -0.39 is 18.5 Å². The van der Waals surface area contributed by atoms with Crippen molar-refractivity contribution >= 4 is 52.4 Å². The number of rotatable bonds is 4. The Bertz CT molecular complexity index is 806. The summed E-state index contributed by atoms with van der Waals surface area (Å²) in [5.74, 6) is -1.11. The summed E-state index contributed by atoms with van der Waals surface area (Å²) >= 11 is 17.7. The summed E-state index contributed by atoms with van der Waals surface area (Å²) in [5.41, 5.74) is 2.71. The SMILES string of the molecule is Cc1ccc(C(=O)OCC(=O)Nc2cc(Cl)c(Cl)cc2Cl)cc1C. The summed E-state index contributed by atoms with van der Waals surface area (Å²) in [5, 5.41) is 3.28. The van der Waals surface area contributed by atoms with Gasteiger partial charge in [-0.1, -0.05) is 40.9 Å². The van der Waals surface area contributed by atoms with E-state index >= 15 is 0 Å². The van der Waals surface area contributed by atoms with E-state index in [2.05, 4.69) is 5.32 Å². The highest BCUT2D eigenvalue weighted by Gasteiger charge is 2.13. The van der Waals surface area contributed by atoms with Crippen LogP contribution < -0.4 is 5.32 Å². The van der Waals surface area contributed by atoms with Gasteiger partial charge in [0.15, 0.2) is 6.61 Å². The molecular formula is C17H14Cl3NO3. The number of nitrogens with one attached hydrogen (secondary N) is 1. The van der Waals surface area contributed by atoms with Crippen molar-refractivity contribution in [1.82, 2.24) is 0 Å². The van der Waals surface area contributed by atoms with Crippen molar-refractivity contribution in [1.29, 1.82) is 0 Å². The summed E-state index contributed by atoms with van der Waals surface area (Å²) in [7, 11) is 0. The maximum atomic E-state index is 12.0. The molecular weight excluding hydrogens is 373 g/mol. The van der Waals surface area contributed by atoms with E-state index in [1.54, 1.807) is 12.1 Å². The zero-order valence-corrected chi connectivity index (χ0v) is 15.2. The summed E-state index contributed by atoms with van der Waals surface area (Å²) in [6.45, 7) is 3.40. The summed E-state index contributed by atoms with van der Waals surface area (Å²) in [6, 6.07) is 8.03. The van der Waals surface area contributed by atoms with Gasteiger partial charge in [-0.2, -0.15) is 0 Å². The largest absolute Gasteiger partial charge is 0.452 e. The summed E-state index contributed by atoms with van der Waals surface area (Å²) < 4.78 is 5.00. The molecule has 2 aromatic carbocycles. The predicted molar refractivity (Wildman–Crippen MR) is 96.3 cm³/mol. The number of ether oxygens (including phenoxy) is 1. The molecule has 126 valence electrons. The molecule has 0 heterocycles. The lowest BCUT2D eigenvalue weighted by molar-refractivity contribution is -0.119. The van der Waals surface area contributed by atoms with Gasteiger partial charge in [0.1, 0.15) is 0 Å². The standard InChI is InChI=1S/C17H14Cl3NO3/c1-9-3-4-11(5-10(9)2)17(23)24-8-16(22)21-15-7-13(19)12(18)6-14(15)20/h3-7H,8H2,1-2H3,(H,21,22). The average molecular weight is 387 g/mol. The maximum absolute atomic E-state index is 12.0. The fourth-order valence-corrected chi connectivity index (χ4v) is 2.48. The molecule has 0 saturated carbocycles. The van der Waals surface area contributed by atoms with Crippen LogP contribution in [0.25, 0.3) is 0 Å². The molecule has 0 spiro atoms. The first-order valence-corrected chi connectivity index (χ1v) is 8.10. The fraction of sp³-hybridized carbons (Fsp3) is 0.176. The van der Waals surface area contributed by atoms with Crippen LogP contribution in [0.4, 0.5) is 5.69 Å². The summed E-state index contributed by atoms with van der Waals surface area (Å²) in [4.78, 5) is 23.9. The van der Waals surface area contributed by atoms with Gasteiger partial charge in [-0.05, 0) is 49.2 Å². The van der Waals surface area contributed by atoms with Crippen molar-refractivity contribution in [2.75, 3.05) is 11.9 Å². The molecule has 0 fully saturated rings. The first kappa shape index (κ1) is 18.6. The Morgan fingerprint density at radius 3 is 2.29 bits per heavy atom. The van der Waals surface area contributed by atoms with Crippen molar-refractivity contribution in [3.05, 3.63) is 62.1 Å². The third kappa shape index (κ3) is 4.63. The number of aryl methyl sites for hydroxylation is 2. The average Bonchev–Trinajstić information content (AvgIpc) is 2.53. The highest BCUT2D eigenvalue weighted by molar-refractivity contribution is 6.44. The smallest absolute Gasteiger partial charge is 0.338 e. The first-order valence-electron chi connectivity index (χ1n) is 6.96. The van der Waals surface area contributed by atoms with E-state index in [1.165, 1.54) is 12.1 Å². The van der Waals surface area contributed by atoms with Gasteiger partial charge in [-0.15, -0.1) is 0 Å². The van der Waals surface area contributed by atoms with E-state index in [1.807, 2.05) is 19.9 Å². The highest BCUT2D eigenvalue weighted by Crippen LogP contribution is 2.32. The molecule has 0 bridgehead atoms. The van der Waals surface area contributed by atoms with Crippen molar-refractivity contribution in [2.45, 2.75) is 13.8 Å². The number of anilines is 1. The minimum absolute atomic E-state index is 0.234. The molecule has 7 heteroatoms. The van der Waals surface area contributed by atoms with Crippen LogP contribution in [0.5, 0.6) is 0 Å². The summed E-state index contributed by atoms with van der Waals surface area (Å²) in [6.07, 6.45) is 0. The van der Waals surface area contributed by atoms with E-state index in [4.69, 9.17) is 39.5 Å². The van der Waals surface area contributed by atoms with E-state index in [9.17, 15) is 9.59 Å². The number of benzene rings is 2. The number of esters is 1. The van der Waals surface area contributed by atoms with E-state index in [-0.39, 0.29) is 15.1 Å². The zero-order valence-electron chi connectivity index (χ0n) is 13.0. The minimum Gasteiger partial charge on any atom is -0.452 e. The molecule has 1 amide bonds. The van der Waals surface area contributed by atoms with Crippen LogP contribution in [0.2, 0.25) is 15.1 Å². The van der Waals surface area contributed by atoms with Crippen LogP contribution in [-0.2, 0) is 9.53 Å². The van der Waals surface area contributed by atoms with Crippen molar-refractivity contribution in [3.63, 3.8) is 0 Å². The van der Waals surface area contributed by atoms with Gasteiger partial charge in [0.05, 0.1) is 26.3 Å². The molecule has 0 aliphatic carbocycles. The molecule has 2 rings (SSSR count). The third-order valence-electron chi connectivity index (χ3n) is 3.36. The lowest BCUT2D eigenvalue weighted by Gasteiger charge is -2.10. The molecule has 4 nitrogen and oxygen atoms in total. The zero-order chi connectivity index (χ0) is 17.9. The van der Waals surface area contributed by atoms with Gasteiger partial charge in [0, 0.05) is 0 Å². The molecule has 0 aromatic heterocycles. The number of carbonyl (C=O) groups is 2. The third-order valence-corrected chi connectivity index (χ3v) is 4.40. The Balaban J connectivity index is 1.97. The molecule has 0 atom stereocenters. The van der Waals surface area contributed by atoms with Crippen LogP contribution in [-0.4, -0.2) is 18.5 Å². The molecule has 2 aromatic rings. The van der Waals surface area contributed by atoms with E-state index in [0.29, 0.717) is 11.3 Å². The molecule has 0 aliphatic heterocycles. The van der Waals surface area contributed by atoms with Gasteiger partial charge in [-0.3, -0.25) is 4.79 Å². The molecule has 0 unspecified atom stereocenters. The predicted octanol–water partition coefficient (Wildman–Crippen LogP) is 5.06. The second-order valence-corrected chi connectivity index (χ2v) is 6.39.